The number of thiazole rings is 1. The highest BCUT2D eigenvalue weighted by atomic mass is 32.1. The number of hydrogen-bond acceptors (Lipinski definition) is 9. The van der Waals surface area contributed by atoms with Gasteiger partial charge in [0.05, 0.1) is 43.2 Å². The number of aliphatic hydroxyl groups is 1. The van der Waals surface area contributed by atoms with Gasteiger partial charge in [0, 0.05) is 12.0 Å². The first-order valence-electron chi connectivity index (χ1n) is 13.0. The van der Waals surface area contributed by atoms with Crippen molar-refractivity contribution >= 4 is 44.1 Å². The lowest BCUT2D eigenvalue weighted by molar-refractivity contribution is -0.132. The summed E-state index contributed by atoms with van der Waals surface area (Å²) >= 11 is 1.30. The smallest absolute Gasteiger partial charge is 0.301 e. The van der Waals surface area contributed by atoms with Crippen molar-refractivity contribution in [2.24, 2.45) is 0 Å². The molecule has 0 saturated carbocycles. The molecule has 1 fully saturated rings. The van der Waals surface area contributed by atoms with Crippen molar-refractivity contribution in [1.82, 2.24) is 4.98 Å². The Morgan fingerprint density at radius 3 is 2.44 bits per heavy atom. The summed E-state index contributed by atoms with van der Waals surface area (Å²) in [5, 5.41) is 12.0. The third-order valence-electron chi connectivity index (χ3n) is 7.36. The van der Waals surface area contributed by atoms with Gasteiger partial charge in [-0.1, -0.05) is 17.4 Å². The zero-order valence-electron chi connectivity index (χ0n) is 23.2. The van der Waals surface area contributed by atoms with Gasteiger partial charge in [0.2, 0.25) is 5.75 Å². The number of aromatic nitrogens is 1. The second-order valence-electron chi connectivity index (χ2n) is 10.1. The fraction of sp³-hybridized carbons (Fsp3) is 0.258. The molecule has 3 aromatic carbocycles. The predicted octanol–water partition coefficient (Wildman–Crippen LogP) is 5.58. The molecule has 2 aliphatic heterocycles. The van der Waals surface area contributed by atoms with E-state index in [1.165, 1.54) is 37.6 Å². The fourth-order valence-corrected chi connectivity index (χ4v) is 6.54. The first-order chi connectivity index (χ1) is 19.7. The number of anilines is 1. The molecule has 0 bridgehead atoms. The van der Waals surface area contributed by atoms with Crippen LogP contribution >= 0.6 is 11.3 Å². The van der Waals surface area contributed by atoms with E-state index >= 15 is 0 Å². The Bertz CT molecular complexity index is 1730. The average molecular weight is 573 g/mol. The molecule has 2 unspecified atom stereocenters. The molecule has 1 aromatic heterocycles. The second-order valence-corrected chi connectivity index (χ2v) is 11.1. The van der Waals surface area contributed by atoms with E-state index in [9.17, 15) is 14.7 Å². The second kappa shape index (κ2) is 10.1. The van der Waals surface area contributed by atoms with E-state index in [4.69, 9.17) is 23.9 Å². The van der Waals surface area contributed by atoms with Crippen LogP contribution in [0.3, 0.4) is 0 Å². The quantitative estimate of drug-likeness (QED) is 0.181. The van der Waals surface area contributed by atoms with E-state index in [0.29, 0.717) is 45.4 Å². The first kappa shape index (κ1) is 26.6. The number of carbonyl (C=O) groups excluding carboxylic acids is 2. The third kappa shape index (κ3) is 4.35. The maximum Gasteiger partial charge on any atom is 0.301 e. The number of ketones is 1. The summed E-state index contributed by atoms with van der Waals surface area (Å²) in [4.78, 5) is 33.5. The Hall–Kier alpha value is -4.57. The average Bonchev–Trinajstić information content (AvgIpc) is 3.63. The van der Waals surface area contributed by atoms with Gasteiger partial charge in [-0.05, 0) is 73.0 Å². The van der Waals surface area contributed by atoms with Crippen LogP contribution < -0.4 is 23.8 Å². The van der Waals surface area contributed by atoms with Crippen molar-refractivity contribution in [1.29, 1.82) is 0 Å². The van der Waals surface area contributed by atoms with Crippen LogP contribution in [0.15, 0.2) is 54.1 Å². The van der Waals surface area contributed by atoms with Crippen molar-refractivity contribution in [2.75, 3.05) is 26.2 Å². The maximum atomic E-state index is 13.7. The molecule has 1 amide bonds. The molecule has 6 rings (SSSR count). The first-order valence-corrected chi connectivity index (χ1v) is 13.8. The highest BCUT2D eigenvalue weighted by Crippen LogP contribution is 2.48. The van der Waals surface area contributed by atoms with Gasteiger partial charge in [-0.2, -0.15) is 0 Å². The number of aryl methyl sites for hydroxylation is 1. The van der Waals surface area contributed by atoms with Crippen LogP contribution in [0.5, 0.6) is 23.0 Å². The molecule has 210 valence electrons. The van der Waals surface area contributed by atoms with Crippen LogP contribution in [0.2, 0.25) is 0 Å². The van der Waals surface area contributed by atoms with E-state index in [0.717, 1.165) is 21.6 Å². The summed E-state index contributed by atoms with van der Waals surface area (Å²) in [7, 11) is 4.47. The summed E-state index contributed by atoms with van der Waals surface area (Å²) in [5.41, 5.74) is 3.50. The number of benzene rings is 3. The molecule has 0 radical (unpaired) electrons. The molecule has 0 spiro atoms. The van der Waals surface area contributed by atoms with E-state index in [-0.39, 0.29) is 17.4 Å². The van der Waals surface area contributed by atoms with Crippen molar-refractivity contribution in [3.05, 3.63) is 76.4 Å². The number of methoxy groups -OCH3 is 3. The molecular formula is C31H28N2O7S. The van der Waals surface area contributed by atoms with Crippen LogP contribution in [0.1, 0.15) is 35.2 Å². The predicted molar refractivity (Wildman–Crippen MR) is 155 cm³/mol. The Balaban J connectivity index is 1.59. The van der Waals surface area contributed by atoms with E-state index in [1.807, 2.05) is 32.0 Å². The molecule has 0 aliphatic carbocycles. The monoisotopic (exact) mass is 572 g/mol. The molecule has 2 atom stereocenters. The van der Waals surface area contributed by atoms with Gasteiger partial charge >= 0.3 is 5.91 Å². The number of hydrogen-bond donors (Lipinski definition) is 1. The third-order valence-corrected chi connectivity index (χ3v) is 8.37. The zero-order valence-corrected chi connectivity index (χ0v) is 24.0. The van der Waals surface area contributed by atoms with E-state index in [1.54, 1.807) is 30.3 Å². The van der Waals surface area contributed by atoms with Crippen molar-refractivity contribution in [3.8, 4) is 23.0 Å². The molecule has 41 heavy (non-hydrogen) atoms. The maximum absolute atomic E-state index is 13.7. The number of carbonyl (C=O) groups is 2. The fourth-order valence-electron chi connectivity index (χ4n) is 5.45. The Morgan fingerprint density at radius 1 is 1.02 bits per heavy atom. The lowest BCUT2D eigenvalue weighted by Gasteiger charge is -2.24. The van der Waals surface area contributed by atoms with Gasteiger partial charge in [-0.15, -0.1) is 0 Å². The van der Waals surface area contributed by atoms with Crippen LogP contribution in [-0.4, -0.2) is 49.2 Å². The van der Waals surface area contributed by atoms with Gasteiger partial charge in [0.25, 0.3) is 5.78 Å². The van der Waals surface area contributed by atoms with Gasteiger partial charge in [0.1, 0.15) is 17.6 Å². The summed E-state index contributed by atoms with van der Waals surface area (Å²) in [6.07, 6.45) is 0.682. The van der Waals surface area contributed by atoms with Crippen LogP contribution in [0.4, 0.5) is 5.13 Å². The SMILES string of the molecule is COc1cc(C2/C(=C(\O)c3ccc4c(c3)CC(C)O4)C(=O)C(=O)N2c2nc3ccc(C)cc3s2)cc(OC)c1OC. The number of nitrogens with zero attached hydrogens (tertiary/aromatic N) is 2. The molecular weight excluding hydrogens is 544 g/mol. The number of fused-ring (bicyclic) bond motifs is 2. The summed E-state index contributed by atoms with van der Waals surface area (Å²) in [6, 6.07) is 13.4. The number of amides is 1. The Labute approximate surface area is 240 Å². The molecule has 1 N–H and O–H groups in total. The van der Waals surface area contributed by atoms with E-state index < -0.39 is 17.7 Å². The van der Waals surface area contributed by atoms with E-state index in [2.05, 4.69) is 0 Å². The normalized spacial score (nSPS) is 19.4. The number of ether oxygens (including phenoxy) is 4. The van der Waals surface area contributed by atoms with Crippen LogP contribution in [0, 0.1) is 6.92 Å². The summed E-state index contributed by atoms with van der Waals surface area (Å²) < 4.78 is 23.3. The highest BCUT2D eigenvalue weighted by Gasteiger charge is 2.48. The molecule has 3 heterocycles. The largest absolute Gasteiger partial charge is 0.507 e. The summed E-state index contributed by atoms with van der Waals surface area (Å²) in [6.45, 7) is 3.94. The topological polar surface area (TPSA) is 107 Å². The highest BCUT2D eigenvalue weighted by molar-refractivity contribution is 7.22. The molecule has 9 nitrogen and oxygen atoms in total. The Morgan fingerprint density at radius 2 is 1.76 bits per heavy atom. The minimum Gasteiger partial charge on any atom is -0.507 e. The minimum absolute atomic E-state index is 0.00915. The number of Topliss-reactive ketones (excluding diaryl/α,β-unsaturated/α-hetero) is 1. The van der Waals surface area contributed by atoms with Crippen LogP contribution in [0.25, 0.3) is 16.0 Å². The molecule has 4 aromatic rings. The van der Waals surface area contributed by atoms with Gasteiger partial charge in [-0.3, -0.25) is 14.5 Å². The zero-order chi connectivity index (χ0) is 29.0. The van der Waals surface area contributed by atoms with Crippen molar-refractivity contribution < 1.29 is 33.6 Å². The lowest BCUT2D eigenvalue weighted by Crippen LogP contribution is -2.29. The Kier molecular flexibility index (Phi) is 6.57. The summed E-state index contributed by atoms with van der Waals surface area (Å²) in [5.74, 6) is -0.115. The lowest BCUT2D eigenvalue weighted by atomic mass is 9.94. The number of aliphatic hydroxyl groups excluding tert-OH is 1. The molecule has 1 saturated heterocycles. The van der Waals surface area contributed by atoms with Crippen molar-refractivity contribution in [2.45, 2.75) is 32.4 Å². The van der Waals surface area contributed by atoms with Gasteiger partial charge in [-0.25, -0.2) is 4.98 Å². The van der Waals surface area contributed by atoms with Gasteiger partial charge in [0.15, 0.2) is 16.6 Å². The standard InChI is InChI=1S/C31H28N2O7S/c1-15-6-8-20-24(10-15)41-31(32-20)33-26(19-13-22(37-3)29(39-5)23(14-19)38-4)25(28(35)30(33)36)27(34)17-7-9-21-18(12-17)11-16(2)40-21/h6-10,12-14,16,26,34H,11H2,1-5H3/b27-25+. The van der Waals surface area contributed by atoms with Crippen LogP contribution in [-0.2, 0) is 16.0 Å². The van der Waals surface area contributed by atoms with Crippen molar-refractivity contribution in [3.63, 3.8) is 0 Å². The molecule has 10 heteroatoms. The number of rotatable bonds is 6. The molecule has 2 aliphatic rings. The van der Waals surface area contributed by atoms with Gasteiger partial charge < -0.3 is 24.1 Å². The minimum atomic E-state index is -1.02.